The molecule has 3 rings (SSSR count). The van der Waals surface area contributed by atoms with Crippen molar-refractivity contribution in [3.8, 4) is 0 Å². The van der Waals surface area contributed by atoms with Crippen LogP contribution in [0.4, 0.5) is 21.5 Å². The summed E-state index contributed by atoms with van der Waals surface area (Å²) in [4.78, 5) is 16.1. The van der Waals surface area contributed by atoms with E-state index in [4.69, 9.17) is 22.1 Å². The van der Waals surface area contributed by atoms with E-state index in [1.54, 1.807) is 25.1 Å². The summed E-state index contributed by atoms with van der Waals surface area (Å²) in [6.07, 6.45) is 1.46. The Morgan fingerprint density at radius 2 is 2.12 bits per heavy atom. The van der Waals surface area contributed by atoms with E-state index in [-0.39, 0.29) is 23.4 Å². The first-order valence-electron chi connectivity index (χ1n) is 7.68. The molecule has 134 valence electrons. The number of hydrogen-bond acceptors (Lipinski definition) is 5. The molecule has 0 spiro atoms. The summed E-state index contributed by atoms with van der Waals surface area (Å²) in [7, 11) is 0. The standard InChI is InChI=1S/C18H14BrClFN3O2/c1-2-26-18(25)10-7-9(19)8-14(16(10)22)24-13-5-6-23-17-12(21)4-3-11(20)15(13)17/h3-8H,2,22H2,1H3,(H,23,24). The van der Waals surface area contributed by atoms with Gasteiger partial charge in [0, 0.05) is 16.1 Å². The van der Waals surface area contributed by atoms with Crippen molar-refractivity contribution < 1.29 is 13.9 Å². The average Bonchev–Trinajstić information content (AvgIpc) is 2.61. The second-order valence-corrected chi connectivity index (χ2v) is 6.69. The number of aromatic nitrogens is 1. The summed E-state index contributed by atoms with van der Waals surface area (Å²) in [5.41, 5.74) is 7.68. The van der Waals surface area contributed by atoms with Crippen LogP contribution in [0.3, 0.4) is 0 Å². The van der Waals surface area contributed by atoms with E-state index < -0.39 is 11.8 Å². The third-order valence-corrected chi connectivity index (χ3v) is 4.47. The minimum atomic E-state index is -0.530. The van der Waals surface area contributed by atoms with E-state index in [1.807, 2.05) is 0 Å². The lowest BCUT2D eigenvalue weighted by Gasteiger charge is -2.15. The normalized spacial score (nSPS) is 10.8. The molecular formula is C18H14BrClFN3O2. The molecule has 0 aliphatic rings. The molecule has 0 radical (unpaired) electrons. The maximum Gasteiger partial charge on any atom is 0.340 e. The van der Waals surface area contributed by atoms with Crippen molar-refractivity contribution in [2.45, 2.75) is 6.92 Å². The zero-order valence-corrected chi connectivity index (χ0v) is 16.0. The highest BCUT2D eigenvalue weighted by Gasteiger charge is 2.17. The van der Waals surface area contributed by atoms with Crippen LogP contribution in [0.1, 0.15) is 17.3 Å². The molecule has 0 unspecified atom stereocenters. The van der Waals surface area contributed by atoms with E-state index >= 15 is 0 Å². The number of pyridine rings is 1. The summed E-state index contributed by atoms with van der Waals surface area (Å²) in [5.74, 6) is -1.01. The van der Waals surface area contributed by atoms with E-state index in [1.165, 1.54) is 18.3 Å². The van der Waals surface area contributed by atoms with Crippen LogP contribution in [0, 0.1) is 5.82 Å². The van der Waals surface area contributed by atoms with Crippen LogP contribution in [-0.4, -0.2) is 17.6 Å². The zero-order valence-electron chi connectivity index (χ0n) is 13.6. The lowest BCUT2D eigenvalue weighted by atomic mass is 10.1. The number of halogens is 3. The second kappa shape index (κ2) is 7.47. The van der Waals surface area contributed by atoms with Crippen LogP contribution < -0.4 is 11.1 Å². The van der Waals surface area contributed by atoms with E-state index in [2.05, 4.69) is 26.2 Å². The van der Waals surface area contributed by atoms with Gasteiger partial charge in [-0.05, 0) is 37.3 Å². The lowest BCUT2D eigenvalue weighted by molar-refractivity contribution is 0.0527. The molecule has 5 nitrogen and oxygen atoms in total. The number of rotatable bonds is 4. The van der Waals surface area contributed by atoms with Crippen molar-refractivity contribution in [1.82, 2.24) is 4.98 Å². The third kappa shape index (κ3) is 3.45. The Balaban J connectivity index is 2.12. The average molecular weight is 439 g/mol. The van der Waals surface area contributed by atoms with Crippen molar-refractivity contribution in [2.24, 2.45) is 0 Å². The molecule has 3 N–H and O–H groups in total. The van der Waals surface area contributed by atoms with Gasteiger partial charge in [-0.1, -0.05) is 27.5 Å². The number of hydrogen-bond donors (Lipinski definition) is 2. The van der Waals surface area contributed by atoms with Gasteiger partial charge in [0.1, 0.15) is 11.3 Å². The van der Waals surface area contributed by atoms with Gasteiger partial charge in [-0.25, -0.2) is 9.18 Å². The number of carbonyl (C=O) groups excluding carboxylic acids is 1. The minimum Gasteiger partial charge on any atom is -0.462 e. The Morgan fingerprint density at radius 1 is 1.35 bits per heavy atom. The van der Waals surface area contributed by atoms with Gasteiger partial charge in [-0.3, -0.25) is 4.98 Å². The Hall–Kier alpha value is -2.38. The fourth-order valence-electron chi connectivity index (χ4n) is 2.54. The van der Waals surface area contributed by atoms with Crippen LogP contribution in [-0.2, 0) is 4.74 Å². The first-order valence-corrected chi connectivity index (χ1v) is 8.85. The highest BCUT2D eigenvalue weighted by Crippen LogP contribution is 2.36. The Bertz CT molecular complexity index is 1010. The molecule has 0 saturated carbocycles. The predicted molar refractivity (Wildman–Crippen MR) is 105 cm³/mol. The molecule has 0 atom stereocenters. The Morgan fingerprint density at radius 3 is 2.85 bits per heavy atom. The first kappa shape index (κ1) is 18.4. The molecular weight excluding hydrogens is 425 g/mol. The monoisotopic (exact) mass is 437 g/mol. The smallest absolute Gasteiger partial charge is 0.340 e. The molecule has 0 amide bonds. The van der Waals surface area contributed by atoms with Crippen molar-refractivity contribution in [2.75, 3.05) is 17.7 Å². The molecule has 8 heteroatoms. The van der Waals surface area contributed by atoms with Gasteiger partial charge in [-0.15, -0.1) is 0 Å². The summed E-state index contributed by atoms with van der Waals surface area (Å²) in [6, 6.07) is 7.65. The molecule has 2 aromatic carbocycles. The van der Waals surface area contributed by atoms with Crippen LogP contribution in [0.15, 0.2) is 41.0 Å². The molecule has 3 aromatic rings. The van der Waals surface area contributed by atoms with Crippen LogP contribution in [0.5, 0.6) is 0 Å². The van der Waals surface area contributed by atoms with Gasteiger partial charge in [-0.2, -0.15) is 0 Å². The number of nitrogens with two attached hydrogens (primary N) is 1. The Labute approximate surface area is 162 Å². The number of ether oxygens (including phenoxy) is 1. The number of esters is 1. The van der Waals surface area contributed by atoms with Gasteiger partial charge in [0.2, 0.25) is 0 Å². The van der Waals surface area contributed by atoms with Gasteiger partial charge in [0.15, 0.2) is 0 Å². The fraction of sp³-hybridized carbons (Fsp3) is 0.111. The quantitative estimate of drug-likeness (QED) is 0.427. The zero-order chi connectivity index (χ0) is 18.8. The van der Waals surface area contributed by atoms with E-state index in [9.17, 15) is 9.18 Å². The lowest BCUT2D eigenvalue weighted by Crippen LogP contribution is -2.10. The summed E-state index contributed by atoms with van der Waals surface area (Å²) in [5, 5.41) is 3.87. The molecule has 0 aliphatic heterocycles. The van der Waals surface area contributed by atoms with Crippen molar-refractivity contribution >= 4 is 61.5 Å². The summed E-state index contributed by atoms with van der Waals surface area (Å²) < 4.78 is 19.7. The van der Waals surface area contributed by atoms with Crippen molar-refractivity contribution in [3.05, 3.63) is 57.4 Å². The fourth-order valence-corrected chi connectivity index (χ4v) is 3.25. The number of anilines is 3. The molecule has 0 aliphatic carbocycles. The first-order chi connectivity index (χ1) is 12.4. The van der Waals surface area contributed by atoms with Crippen LogP contribution in [0.25, 0.3) is 10.9 Å². The number of nitrogens with zero attached hydrogens (tertiary/aromatic N) is 1. The summed E-state index contributed by atoms with van der Waals surface area (Å²) in [6.45, 7) is 1.95. The molecule has 0 bridgehead atoms. The number of nitrogen functional groups attached to an aromatic ring is 1. The third-order valence-electron chi connectivity index (χ3n) is 3.70. The van der Waals surface area contributed by atoms with Crippen molar-refractivity contribution in [3.63, 3.8) is 0 Å². The van der Waals surface area contributed by atoms with Crippen LogP contribution in [0.2, 0.25) is 5.02 Å². The van der Waals surface area contributed by atoms with Crippen LogP contribution >= 0.6 is 27.5 Å². The minimum absolute atomic E-state index is 0.140. The molecule has 0 saturated heterocycles. The van der Waals surface area contributed by atoms with Crippen molar-refractivity contribution in [1.29, 1.82) is 0 Å². The Kier molecular flexibility index (Phi) is 5.29. The molecule has 1 heterocycles. The van der Waals surface area contributed by atoms with Gasteiger partial charge in [0.25, 0.3) is 0 Å². The SMILES string of the molecule is CCOC(=O)c1cc(Br)cc(Nc2ccnc3c(F)ccc(Cl)c23)c1N. The highest BCUT2D eigenvalue weighted by atomic mass is 79.9. The van der Waals surface area contributed by atoms with Gasteiger partial charge < -0.3 is 15.8 Å². The number of fused-ring (bicyclic) bond motifs is 1. The maximum absolute atomic E-state index is 14.0. The summed E-state index contributed by atoms with van der Waals surface area (Å²) >= 11 is 9.59. The number of nitrogens with one attached hydrogen (secondary N) is 1. The maximum atomic E-state index is 14.0. The predicted octanol–water partition coefficient (Wildman–Crippen LogP) is 5.29. The molecule has 1 aromatic heterocycles. The number of benzene rings is 2. The molecule has 0 fully saturated rings. The number of carbonyl (C=O) groups is 1. The molecule has 26 heavy (non-hydrogen) atoms. The van der Waals surface area contributed by atoms with Gasteiger partial charge in [0.05, 0.1) is 34.3 Å². The van der Waals surface area contributed by atoms with Gasteiger partial charge >= 0.3 is 5.97 Å². The highest BCUT2D eigenvalue weighted by molar-refractivity contribution is 9.10. The topological polar surface area (TPSA) is 77.2 Å². The van der Waals surface area contributed by atoms with E-state index in [0.29, 0.717) is 26.3 Å². The largest absolute Gasteiger partial charge is 0.462 e. The van der Waals surface area contributed by atoms with E-state index in [0.717, 1.165) is 0 Å². The second-order valence-electron chi connectivity index (χ2n) is 5.37.